The Morgan fingerprint density at radius 2 is 2.22 bits per heavy atom. The van der Waals surface area contributed by atoms with Crippen LogP contribution < -0.4 is 10.2 Å². The van der Waals surface area contributed by atoms with Crippen molar-refractivity contribution in [1.82, 2.24) is 15.0 Å². The van der Waals surface area contributed by atoms with Crippen LogP contribution in [0.25, 0.3) is 10.9 Å². The van der Waals surface area contributed by atoms with Gasteiger partial charge in [0.15, 0.2) is 0 Å². The quantitative estimate of drug-likeness (QED) is 0.569. The largest absolute Gasteiger partial charge is 0.497 e. The maximum atomic E-state index is 11.5. The fourth-order valence-corrected chi connectivity index (χ4v) is 2.60. The summed E-state index contributed by atoms with van der Waals surface area (Å²) in [6, 6.07) is 9.03. The van der Waals surface area contributed by atoms with Gasteiger partial charge in [0, 0.05) is 29.3 Å². The number of carbonyl (C=O) groups excluding carboxylic acids is 1. The fourth-order valence-electron chi connectivity index (χ4n) is 2.37. The van der Waals surface area contributed by atoms with Gasteiger partial charge < -0.3 is 9.30 Å². The molecule has 0 atom stereocenters. The van der Waals surface area contributed by atoms with E-state index < -0.39 is 5.91 Å². The van der Waals surface area contributed by atoms with Crippen LogP contribution in [0.3, 0.4) is 0 Å². The first-order chi connectivity index (χ1) is 11.1. The van der Waals surface area contributed by atoms with Crippen molar-refractivity contribution in [3.8, 4) is 5.75 Å². The van der Waals surface area contributed by atoms with Crippen molar-refractivity contribution in [2.45, 2.75) is 6.54 Å². The molecule has 3 rings (SSSR count). The lowest BCUT2D eigenvalue weighted by Crippen LogP contribution is -2.19. The Labute approximate surface area is 137 Å². The average molecular weight is 332 g/mol. The van der Waals surface area contributed by atoms with E-state index in [0.717, 1.165) is 16.5 Å². The number of ether oxygens (including phenoxy) is 1. The van der Waals surface area contributed by atoms with Crippen molar-refractivity contribution in [1.29, 1.82) is 0 Å². The molecular formula is C16H14ClN3O3. The number of nitrogens with one attached hydrogen (secondary N) is 1. The Hall–Kier alpha value is -2.57. The van der Waals surface area contributed by atoms with E-state index in [0.29, 0.717) is 17.3 Å². The maximum absolute atomic E-state index is 11.5. The fraction of sp³-hybridized carbons (Fsp3) is 0.125. The Morgan fingerprint density at radius 3 is 2.91 bits per heavy atom. The second-order valence-electron chi connectivity index (χ2n) is 4.97. The van der Waals surface area contributed by atoms with Gasteiger partial charge in [-0.3, -0.25) is 15.0 Å². The summed E-state index contributed by atoms with van der Waals surface area (Å²) in [5, 5.41) is 10.2. The summed E-state index contributed by atoms with van der Waals surface area (Å²) in [6.07, 6.45) is 3.49. The van der Waals surface area contributed by atoms with E-state index in [1.165, 1.54) is 0 Å². The maximum Gasteiger partial charge on any atom is 0.293 e. The Balaban J connectivity index is 1.98. The molecule has 0 aliphatic carbocycles. The van der Waals surface area contributed by atoms with Gasteiger partial charge in [0.1, 0.15) is 11.4 Å². The van der Waals surface area contributed by atoms with Gasteiger partial charge in [-0.1, -0.05) is 17.7 Å². The summed E-state index contributed by atoms with van der Waals surface area (Å²) in [5.41, 5.74) is 3.47. The van der Waals surface area contributed by atoms with Gasteiger partial charge in [-0.05, 0) is 29.8 Å². The second kappa shape index (κ2) is 6.28. The van der Waals surface area contributed by atoms with Gasteiger partial charge in [0.25, 0.3) is 5.91 Å². The monoisotopic (exact) mass is 331 g/mol. The number of aromatic nitrogens is 2. The first-order valence-corrected chi connectivity index (χ1v) is 7.22. The van der Waals surface area contributed by atoms with E-state index in [2.05, 4.69) is 4.98 Å². The molecule has 0 bridgehead atoms. The lowest BCUT2D eigenvalue weighted by atomic mass is 10.2. The Bertz CT molecular complexity index is 876. The number of amides is 1. The molecular weight excluding hydrogens is 318 g/mol. The zero-order valence-corrected chi connectivity index (χ0v) is 13.0. The lowest BCUT2D eigenvalue weighted by Gasteiger charge is -2.09. The summed E-state index contributed by atoms with van der Waals surface area (Å²) in [6.45, 7) is 0.538. The number of methoxy groups -OCH3 is 1. The highest BCUT2D eigenvalue weighted by atomic mass is 35.5. The standard InChI is InChI=1S/C16H14ClN3O3/c1-23-12-3-2-11(13(17)6-12)9-20-5-4-10-8-18-14(7-15(10)20)16(21)19-22/h2-8,22H,9H2,1H3,(H,19,21). The number of hydrogen-bond donors (Lipinski definition) is 2. The number of hydrogen-bond acceptors (Lipinski definition) is 4. The van der Waals surface area contributed by atoms with E-state index in [4.69, 9.17) is 21.5 Å². The molecule has 1 aromatic carbocycles. The third-order valence-electron chi connectivity index (χ3n) is 3.59. The minimum Gasteiger partial charge on any atom is -0.497 e. The molecule has 2 N–H and O–H groups in total. The molecule has 2 heterocycles. The van der Waals surface area contributed by atoms with Crippen LogP contribution in [-0.2, 0) is 6.54 Å². The van der Waals surface area contributed by atoms with Crippen LogP contribution in [0.15, 0.2) is 42.7 Å². The number of pyridine rings is 1. The number of carbonyl (C=O) groups is 1. The van der Waals surface area contributed by atoms with Crippen molar-refractivity contribution >= 4 is 28.4 Å². The molecule has 118 valence electrons. The first kappa shape index (κ1) is 15.3. The Morgan fingerprint density at radius 1 is 1.39 bits per heavy atom. The third kappa shape index (κ3) is 2.99. The number of halogens is 1. The van der Waals surface area contributed by atoms with Crippen molar-refractivity contribution in [2.75, 3.05) is 7.11 Å². The number of rotatable bonds is 4. The number of hydroxylamine groups is 1. The van der Waals surface area contributed by atoms with E-state index in [1.807, 2.05) is 29.0 Å². The molecule has 2 aromatic heterocycles. The summed E-state index contributed by atoms with van der Waals surface area (Å²) in [5.74, 6) is 0.0457. The summed E-state index contributed by atoms with van der Waals surface area (Å²) in [7, 11) is 1.59. The molecule has 0 fully saturated rings. The topological polar surface area (TPSA) is 76.4 Å². The highest BCUT2D eigenvalue weighted by Gasteiger charge is 2.11. The van der Waals surface area contributed by atoms with Gasteiger partial charge in [-0.2, -0.15) is 0 Å². The van der Waals surface area contributed by atoms with Crippen LogP contribution in [0.1, 0.15) is 16.1 Å². The zero-order valence-electron chi connectivity index (χ0n) is 12.3. The van der Waals surface area contributed by atoms with Crippen LogP contribution >= 0.6 is 11.6 Å². The molecule has 0 unspecified atom stereocenters. The van der Waals surface area contributed by atoms with Crippen LogP contribution in [0.5, 0.6) is 5.75 Å². The van der Waals surface area contributed by atoms with Gasteiger partial charge in [-0.15, -0.1) is 0 Å². The molecule has 0 saturated heterocycles. The SMILES string of the molecule is COc1ccc(Cn2ccc3cnc(C(=O)NO)cc32)c(Cl)c1. The molecule has 1 amide bonds. The number of fused-ring (bicyclic) bond motifs is 1. The van der Waals surface area contributed by atoms with Crippen molar-refractivity contribution in [3.63, 3.8) is 0 Å². The number of benzene rings is 1. The summed E-state index contributed by atoms with van der Waals surface area (Å²) in [4.78, 5) is 15.5. The number of nitrogens with zero attached hydrogens (tertiary/aromatic N) is 2. The van der Waals surface area contributed by atoms with Gasteiger partial charge in [0.2, 0.25) is 0 Å². The molecule has 0 spiro atoms. The smallest absolute Gasteiger partial charge is 0.293 e. The minimum atomic E-state index is -0.651. The van der Waals surface area contributed by atoms with Crippen LogP contribution in [-0.4, -0.2) is 27.8 Å². The molecule has 0 aliphatic heterocycles. The molecule has 6 nitrogen and oxygen atoms in total. The summed E-state index contributed by atoms with van der Waals surface area (Å²) < 4.78 is 7.10. The molecule has 0 saturated carbocycles. The van der Waals surface area contributed by atoms with E-state index in [1.54, 1.807) is 30.9 Å². The van der Waals surface area contributed by atoms with Crippen LogP contribution in [0.2, 0.25) is 5.02 Å². The predicted octanol–water partition coefficient (Wildman–Crippen LogP) is 2.87. The summed E-state index contributed by atoms with van der Waals surface area (Å²) >= 11 is 6.28. The molecule has 7 heteroatoms. The Kier molecular flexibility index (Phi) is 4.18. The minimum absolute atomic E-state index is 0.140. The lowest BCUT2D eigenvalue weighted by molar-refractivity contribution is 0.0701. The molecule has 0 aliphatic rings. The normalized spacial score (nSPS) is 10.7. The van der Waals surface area contributed by atoms with Gasteiger partial charge >= 0.3 is 0 Å². The highest BCUT2D eigenvalue weighted by molar-refractivity contribution is 6.31. The van der Waals surface area contributed by atoms with Gasteiger partial charge in [0.05, 0.1) is 12.6 Å². The van der Waals surface area contributed by atoms with Crippen molar-refractivity contribution in [3.05, 3.63) is 59.0 Å². The second-order valence-corrected chi connectivity index (χ2v) is 5.38. The first-order valence-electron chi connectivity index (χ1n) is 6.84. The van der Waals surface area contributed by atoms with Crippen LogP contribution in [0.4, 0.5) is 0 Å². The van der Waals surface area contributed by atoms with E-state index >= 15 is 0 Å². The molecule has 23 heavy (non-hydrogen) atoms. The highest BCUT2D eigenvalue weighted by Crippen LogP contribution is 2.25. The van der Waals surface area contributed by atoms with Crippen molar-refractivity contribution < 1.29 is 14.7 Å². The third-order valence-corrected chi connectivity index (χ3v) is 3.94. The average Bonchev–Trinajstić information content (AvgIpc) is 2.98. The van der Waals surface area contributed by atoms with E-state index in [-0.39, 0.29) is 5.69 Å². The molecule has 3 aromatic rings. The molecule has 0 radical (unpaired) electrons. The van der Waals surface area contributed by atoms with E-state index in [9.17, 15) is 4.79 Å². The van der Waals surface area contributed by atoms with Crippen molar-refractivity contribution in [2.24, 2.45) is 0 Å². The zero-order chi connectivity index (χ0) is 16.4. The van der Waals surface area contributed by atoms with Crippen LogP contribution in [0, 0.1) is 0 Å². The predicted molar refractivity (Wildman–Crippen MR) is 86.1 cm³/mol. The van der Waals surface area contributed by atoms with Gasteiger partial charge in [-0.25, -0.2) is 5.48 Å².